The van der Waals surface area contributed by atoms with Gasteiger partial charge in [0.1, 0.15) is 0 Å². The van der Waals surface area contributed by atoms with Gasteiger partial charge < -0.3 is 16.0 Å². The number of rotatable bonds is 3. The first-order valence-electron chi connectivity index (χ1n) is 8.92. The maximum atomic E-state index is 12.5. The van der Waals surface area contributed by atoms with Crippen LogP contribution in [0.1, 0.15) is 44.6 Å². The van der Waals surface area contributed by atoms with Crippen LogP contribution >= 0.6 is 0 Å². The van der Waals surface area contributed by atoms with E-state index in [1.807, 2.05) is 4.90 Å². The number of benzene rings is 1. The monoisotopic (exact) mass is 315 g/mol. The molecule has 2 amide bonds. The van der Waals surface area contributed by atoms with Crippen LogP contribution in [0.15, 0.2) is 30.3 Å². The Hall–Kier alpha value is -1.55. The van der Waals surface area contributed by atoms with Gasteiger partial charge in [-0.05, 0) is 55.5 Å². The first-order chi connectivity index (χ1) is 11.1. The van der Waals surface area contributed by atoms with Crippen LogP contribution < -0.4 is 11.1 Å². The number of nitrogens with one attached hydrogen (secondary N) is 1. The number of amides is 2. The van der Waals surface area contributed by atoms with E-state index in [1.165, 1.54) is 5.56 Å². The zero-order chi connectivity index (χ0) is 16.3. The van der Waals surface area contributed by atoms with Crippen molar-refractivity contribution in [2.24, 2.45) is 11.7 Å². The van der Waals surface area contributed by atoms with Crippen LogP contribution in [0.5, 0.6) is 0 Å². The maximum Gasteiger partial charge on any atom is 0.317 e. The second-order valence-corrected chi connectivity index (χ2v) is 7.47. The van der Waals surface area contributed by atoms with Gasteiger partial charge in [0.05, 0.1) is 0 Å². The van der Waals surface area contributed by atoms with Crippen molar-refractivity contribution in [3.63, 3.8) is 0 Å². The first-order valence-corrected chi connectivity index (χ1v) is 8.92. The summed E-state index contributed by atoms with van der Waals surface area (Å²) in [7, 11) is 0. The molecule has 1 heterocycles. The Labute approximate surface area is 139 Å². The largest absolute Gasteiger partial charge is 0.335 e. The average molecular weight is 315 g/mol. The summed E-state index contributed by atoms with van der Waals surface area (Å²) in [6, 6.07) is 11.1. The lowest BCUT2D eigenvalue weighted by atomic mass is 9.74. The molecule has 0 aromatic heterocycles. The molecule has 3 N–H and O–H groups in total. The molecule has 2 fully saturated rings. The Morgan fingerprint density at radius 3 is 2.57 bits per heavy atom. The van der Waals surface area contributed by atoms with E-state index in [0.717, 1.165) is 51.7 Å². The van der Waals surface area contributed by atoms with Crippen molar-refractivity contribution in [2.75, 3.05) is 19.6 Å². The van der Waals surface area contributed by atoms with Gasteiger partial charge in [0.2, 0.25) is 0 Å². The van der Waals surface area contributed by atoms with E-state index in [2.05, 4.69) is 42.6 Å². The average Bonchev–Trinajstić information content (AvgIpc) is 3.04. The molecular formula is C19H29N3O. The smallest absolute Gasteiger partial charge is 0.317 e. The molecule has 23 heavy (non-hydrogen) atoms. The summed E-state index contributed by atoms with van der Waals surface area (Å²) in [6.07, 6.45) is 5.32. The minimum Gasteiger partial charge on any atom is -0.335 e. The molecule has 3 rings (SSSR count). The lowest BCUT2D eigenvalue weighted by Crippen LogP contribution is -2.50. The number of nitrogens with two attached hydrogens (primary N) is 1. The highest BCUT2D eigenvalue weighted by molar-refractivity contribution is 5.74. The maximum absolute atomic E-state index is 12.5. The van der Waals surface area contributed by atoms with Crippen molar-refractivity contribution in [1.29, 1.82) is 0 Å². The number of carbonyl (C=O) groups excluding carboxylic acids is 1. The van der Waals surface area contributed by atoms with Crippen molar-refractivity contribution in [3.8, 4) is 0 Å². The zero-order valence-electron chi connectivity index (χ0n) is 14.1. The Morgan fingerprint density at radius 1 is 1.26 bits per heavy atom. The topological polar surface area (TPSA) is 58.4 Å². The number of likely N-dealkylation sites (tertiary alicyclic amines) is 1. The van der Waals surface area contributed by atoms with Crippen LogP contribution in [0.3, 0.4) is 0 Å². The van der Waals surface area contributed by atoms with Crippen molar-refractivity contribution in [1.82, 2.24) is 10.2 Å². The molecule has 0 bridgehead atoms. The molecule has 2 aliphatic rings. The van der Waals surface area contributed by atoms with Crippen molar-refractivity contribution >= 4 is 6.03 Å². The minimum absolute atomic E-state index is 0.114. The van der Waals surface area contributed by atoms with Gasteiger partial charge >= 0.3 is 6.03 Å². The van der Waals surface area contributed by atoms with Crippen molar-refractivity contribution in [3.05, 3.63) is 35.9 Å². The number of piperidine rings is 1. The molecule has 126 valence electrons. The predicted molar refractivity (Wildman–Crippen MR) is 93.3 cm³/mol. The molecule has 1 saturated carbocycles. The molecule has 4 nitrogen and oxygen atoms in total. The van der Waals surface area contributed by atoms with Gasteiger partial charge in [0, 0.05) is 19.1 Å². The van der Waals surface area contributed by atoms with Crippen LogP contribution in [0.2, 0.25) is 0 Å². The Bertz CT molecular complexity index is 523. The van der Waals surface area contributed by atoms with Gasteiger partial charge in [-0.2, -0.15) is 0 Å². The summed E-state index contributed by atoms with van der Waals surface area (Å²) in [5, 5.41) is 3.21. The van der Waals surface area contributed by atoms with Gasteiger partial charge in [-0.25, -0.2) is 4.79 Å². The van der Waals surface area contributed by atoms with Crippen LogP contribution in [0, 0.1) is 5.92 Å². The van der Waals surface area contributed by atoms with E-state index < -0.39 is 0 Å². The number of urea groups is 1. The van der Waals surface area contributed by atoms with E-state index in [1.54, 1.807) is 0 Å². The van der Waals surface area contributed by atoms with Gasteiger partial charge in [0.15, 0.2) is 0 Å². The standard InChI is InChI=1S/C19H29N3O/c1-19(16-5-3-2-4-6-16)9-11-22(12-10-19)18(23)21-17-8-7-15(13-17)14-20/h2-6,15,17H,7-14,20H2,1H3,(H,21,23). The molecule has 4 heteroatoms. The van der Waals surface area contributed by atoms with Crippen LogP contribution in [0.4, 0.5) is 4.79 Å². The summed E-state index contributed by atoms with van der Waals surface area (Å²) in [6.45, 7) is 4.74. The second-order valence-electron chi connectivity index (χ2n) is 7.47. The highest BCUT2D eigenvalue weighted by atomic mass is 16.2. The van der Waals surface area contributed by atoms with Gasteiger partial charge in [0.25, 0.3) is 0 Å². The normalized spacial score (nSPS) is 27.0. The van der Waals surface area contributed by atoms with Crippen molar-refractivity contribution in [2.45, 2.75) is 50.5 Å². The number of carbonyl (C=O) groups is 1. The van der Waals surface area contributed by atoms with E-state index >= 15 is 0 Å². The summed E-state index contributed by atoms with van der Waals surface area (Å²) in [4.78, 5) is 14.5. The van der Waals surface area contributed by atoms with Crippen LogP contribution in [0.25, 0.3) is 0 Å². The molecule has 1 aromatic rings. The first kappa shape index (κ1) is 16.3. The summed E-state index contributed by atoms with van der Waals surface area (Å²) >= 11 is 0. The summed E-state index contributed by atoms with van der Waals surface area (Å²) < 4.78 is 0. The predicted octanol–water partition coefficient (Wildman–Crippen LogP) is 2.88. The molecule has 0 spiro atoms. The molecule has 2 atom stereocenters. The lowest BCUT2D eigenvalue weighted by molar-refractivity contribution is 0.160. The minimum atomic E-state index is 0.114. The van der Waals surface area contributed by atoms with E-state index in [-0.39, 0.29) is 11.4 Å². The van der Waals surface area contributed by atoms with Gasteiger partial charge in [-0.1, -0.05) is 37.3 Å². The number of hydrogen-bond donors (Lipinski definition) is 2. The SMILES string of the molecule is CC1(c2ccccc2)CCN(C(=O)NC2CCC(CN)C2)CC1. The Balaban J connectivity index is 1.52. The second kappa shape index (κ2) is 6.91. The third-order valence-corrected chi connectivity index (χ3v) is 5.83. The van der Waals surface area contributed by atoms with E-state index in [4.69, 9.17) is 5.73 Å². The zero-order valence-corrected chi connectivity index (χ0v) is 14.1. The molecule has 2 unspecified atom stereocenters. The Kier molecular flexibility index (Phi) is 4.90. The van der Waals surface area contributed by atoms with E-state index in [0.29, 0.717) is 12.0 Å². The van der Waals surface area contributed by atoms with Crippen LogP contribution in [-0.2, 0) is 5.41 Å². The third-order valence-electron chi connectivity index (χ3n) is 5.83. The highest BCUT2D eigenvalue weighted by Crippen LogP contribution is 2.35. The van der Waals surface area contributed by atoms with Gasteiger partial charge in [-0.15, -0.1) is 0 Å². The van der Waals surface area contributed by atoms with Crippen molar-refractivity contribution < 1.29 is 4.79 Å². The molecule has 1 saturated heterocycles. The summed E-state index contributed by atoms with van der Waals surface area (Å²) in [5.74, 6) is 0.586. The fourth-order valence-electron chi connectivity index (χ4n) is 4.02. The fourth-order valence-corrected chi connectivity index (χ4v) is 4.02. The summed E-state index contributed by atoms with van der Waals surface area (Å²) in [5.41, 5.74) is 7.31. The molecule has 1 aromatic carbocycles. The molecule has 1 aliphatic carbocycles. The third kappa shape index (κ3) is 3.69. The number of nitrogens with zero attached hydrogens (tertiary/aromatic N) is 1. The van der Waals surface area contributed by atoms with Crippen LogP contribution in [-0.4, -0.2) is 36.6 Å². The quantitative estimate of drug-likeness (QED) is 0.901. The van der Waals surface area contributed by atoms with E-state index in [9.17, 15) is 4.79 Å². The fraction of sp³-hybridized carbons (Fsp3) is 0.632. The molecular weight excluding hydrogens is 286 g/mol. The van der Waals surface area contributed by atoms with Gasteiger partial charge in [-0.3, -0.25) is 0 Å². The lowest BCUT2D eigenvalue weighted by Gasteiger charge is -2.40. The Morgan fingerprint density at radius 2 is 1.96 bits per heavy atom. The highest BCUT2D eigenvalue weighted by Gasteiger charge is 2.34. The molecule has 1 aliphatic heterocycles. The number of hydrogen-bond acceptors (Lipinski definition) is 2. The molecule has 0 radical (unpaired) electrons.